The minimum absolute atomic E-state index is 0.125. The standard InChI is InChI=1S/C17H11ClF2N2O2/c18-14-2-1-3-15(20)13(14)10-21-8-9-22(17(24)16(21)23)12-6-4-11(19)5-7-12/h1-9H,10H2. The smallest absolute Gasteiger partial charge is 0.305 e. The zero-order chi connectivity index (χ0) is 17.3. The molecular weight excluding hydrogens is 338 g/mol. The van der Waals surface area contributed by atoms with Crippen LogP contribution in [-0.4, -0.2) is 9.13 Å². The lowest BCUT2D eigenvalue weighted by Crippen LogP contribution is -2.40. The van der Waals surface area contributed by atoms with Gasteiger partial charge in [-0.15, -0.1) is 0 Å². The summed E-state index contributed by atoms with van der Waals surface area (Å²) in [6.07, 6.45) is 2.72. The van der Waals surface area contributed by atoms with Gasteiger partial charge in [0.15, 0.2) is 0 Å². The summed E-state index contributed by atoms with van der Waals surface area (Å²) in [5.41, 5.74) is -1.17. The van der Waals surface area contributed by atoms with E-state index in [2.05, 4.69) is 0 Å². The third kappa shape index (κ3) is 3.00. The van der Waals surface area contributed by atoms with Gasteiger partial charge in [0.25, 0.3) is 0 Å². The summed E-state index contributed by atoms with van der Waals surface area (Å²) in [7, 11) is 0. The Balaban J connectivity index is 2.04. The van der Waals surface area contributed by atoms with Crippen molar-refractivity contribution in [1.82, 2.24) is 9.13 Å². The molecule has 0 aliphatic heterocycles. The third-order valence-corrected chi connectivity index (χ3v) is 3.91. The van der Waals surface area contributed by atoms with Crippen LogP contribution in [0.25, 0.3) is 5.69 Å². The Labute approximate surface area is 140 Å². The van der Waals surface area contributed by atoms with Crippen molar-refractivity contribution in [2.45, 2.75) is 6.54 Å². The van der Waals surface area contributed by atoms with Crippen LogP contribution >= 0.6 is 11.6 Å². The Morgan fingerprint density at radius 2 is 1.62 bits per heavy atom. The molecule has 0 fully saturated rings. The van der Waals surface area contributed by atoms with E-state index in [1.54, 1.807) is 0 Å². The van der Waals surface area contributed by atoms with Crippen molar-refractivity contribution in [3.8, 4) is 5.69 Å². The molecule has 7 heteroatoms. The SMILES string of the molecule is O=c1c(=O)n(-c2ccc(F)cc2)ccn1Cc1c(F)cccc1Cl. The topological polar surface area (TPSA) is 44.0 Å². The van der Waals surface area contributed by atoms with Gasteiger partial charge >= 0.3 is 11.1 Å². The van der Waals surface area contributed by atoms with Crippen LogP contribution in [0.5, 0.6) is 0 Å². The van der Waals surface area contributed by atoms with Gasteiger partial charge in [-0.1, -0.05) is 17.7 Å². The summed E-state index contributed by atoms with van der Waals surface area (Å²) in [5, 5.41) is 0.171. The van der Waals surface area contributed by atoms with Gasteiger partial charge in [-0.25, -0.2) is 8.78 Å². The summed E-state index contributed by atoms with van der Waals surface area (Å²) in [6, 6.07) is 9.33. The van der Waals surface area contributed by atoms with E-state index in [0.717, 1.165) is 9.13 Å². The van der Waals surface area contributed by atoms with Crippen LogP contribution in [-0.2, 0) is 6.54 Å². The van der Waals surface area contributed by atoms with Gasteiger partial charge < -0.3 is 4.57 Å². The van der Waals surface area contributed by atoms with E-state index in [9.17, 15) is 18.4 Å². The first-order valence-corrected chi connectivity index (χ1v) is 7.36. The highest BCUT2D eigenvalue weighted by molar-refractivity contribution is 6.31. The number of nitrogens with zero attached hydrogens (tertiary/aromatic N) is 2. The van der Waals surface area contributed by atoms with Gasteiger partial charge in [-0.2, -0.15) is 0 Å². The number of benzene rings is 2. The Morgan fingerprint density at radius 3 is 2.29 bits per heavy atom. The molecule has 0 radical (unpaired) electrons. The van der Waals surface area contributed by atoms with Crippen molar-refractivity contribution >= 4 is 11.6 Å². The largest absolute Gasteiger partial charge is 0.320 e. The second-order valence-electron chi connectivity index (χ2n) is 5.08. The normalized spacial score (nSPS) is 10.8. The molecule has 0 saturated carbocycles. The van der Waals surface area contributed by atoms with Gasteiger partial charge in [0.05, 0.1) is 6.54 Å². The van der Waals surface area contributed by atoms with E-state index in [1.165, 1.54) is 54.9 Å². The molecule has 0 amide bonds. The molecule has 0 aliphatic rings. The van der Waals surface area contributed by atoms with Gasteiger partial charge in [0.1, 0.15) is 11.6 Å². The van der Waals surface area contributed by atoms with E-state index in [4.69, 9.17) is 11.6 Å². The van der Waals surface area contributed by atoms with Gasteiger partial charge in [0.2, 0.25) is 0 Å². The molecule has 0 aliphatic carbocycles. The first-order chi connectivity index (χ1) is 11.5. The van der Waals surface area contributed by atoms with E-state index >= 15 is 0 Å². The van der Waals surface area contributed by atoms with Crippen LogP contribution in [0.3, 0.4) is 0 Å². The van der Waals surface area contributed by atoms with Crippen molar-refractivity contribution in [3.05, 3.63) is 97.8 Å². The van der Waals surface area contributed by atoms with Gasteiger partial charge in [0, 0.05) is 28.7 Å². The van der Waals surface area contributed by atoms with Crippen LogP contribution in [0.1, 0.15) is 5.56 Å². The molecule has 24 heavy (non-hydrogen) atoms. The van der Waals surface area contributed by atoms with Gasteiger partial charge in [-0.3, -0.25) is 14.2 Å². The molecule has 0 unspecified atom stereocenters. The van der Waals surface area contributed by atoms with Crippen molar-refractivity contribution in [1.29, 1.82) is 0 Å². The third-order valence-electron chi connectivity index (χ3n) is 3.55. The number of hydrogen-bond acceptors (Lipinski definition) is 2. The number of rotatable bonds is 3. The molecule has 3 aromatic rings. The average molecular weight is 349 g/mol. The van der Waals surface area contributed by atoms with E-state index < -0.39 is 22.8 Å². The van der Waals surface area contributed by atoms with E-state index in [1.807, 2.05) is 0 Å². The molecule has 0 N–H and O–H groups in total. The predicted molar refractivity (Wildman–Crippen MR) is 86.8 cm³/mol. The zero-order valence-corrected chi connectivity index (χ0v) is 13.0. The molecule has 0 atom stereocenters. The van der Waals surface area contributed by atoms with Crippen LogP contribution in [0, 0.1) is 11.6 Å². The Bertz CT molecular complexity index is 990. The van der Waals surface area contributed by atoms with E-state index in [0.29, 0.717) is 5.69 Å². The van der Waals surface area contributed by atoms with Crippen LogP contribution in [0.4, 0.5) is 8.78 Å². The maximum absolute atomic E-state index is 13.8. The molecule has 0 saturated heterocycles. The van der Waals surface area contributed by atoms with Crippen LogP contribution < -0.4 is 11.1 Å². The van der Waals surface area contributed by atoms with Gasteiger partial charge in [-0.05, 0) is 36.4 Å². The van der Waals surface area contributed by atoms with Crippen LogP contribution in [0.15, 0.2) is 64.4 Å². The minimum Gasteiger partial charge on any atom is -0.305 e. The fourth-order valence-electron chi connectivity index (χ4n) is 2.29. The highest BCUT2D eigenvalue weighted by Crippen LogP contribution is 2.19. The molecule has 1 aromatic heterocycles. The fraction of sp³-hybridized carbons (Fsp3) is 0.0588. The molecule has 3 rings (SSSR count). The van der Waals surface area contributed by atoms with Crippen molar-refractivity contribution in [3.63, 3.8) is 0 Å². The summed E-state index contributed by atoms with van der Waals surface area (Å²) in [4.78, 5) is 24.5. The quantitative estimate of drug-likeness (QED) is 0.683. The molecule has 2 aromatic carbocycles. The minimum atomic E-state index is -0.832. The maximum atomic E-state index is 13.8. The van der Waals surface area contributed by atoms with Crippen molar-refractivity contribution in [2.75, 3.05) is 0 Å². The Hall–Kier alpha value is -2.73. The second kappa shape index (κ2) is 6.41. The molecule has 4 nitrogen and oxygen atoms in total. The average Bonchev–Trinajstić information content (AvgIpc) is 2.56. The van der Waals surface area contributed by atoms with E-state index in [-0.39, 0.29) is 17.1 Å². The molecule has 122 valence electrons. The number of halogens is 3. The molecule has 0 bridgehead atoms. The fourth-order valence-corrected chi connectivity index (χ4v) is 2.51. The Kier molecular flexibility index (Phi) is 4.31. The molecular formula is C17H11ClF2N2O2. The highest BCUT2D eigenvalue weighted by atomic mass is 35.5. The lowest BCUT2D eigenvalue weighted by Gasteiger charge is -2.10. The monoisotopic (exact) mass is 348 g/mol. The van der Waals surface area contributed by atoms with Crippen LogP contribution in [0.2, 0.25) is 5.02 Å². The summed E-state index contributed by atoms with van der Waals surface area (Å²) < 4.78 is 29.0. The first kappa shape index (κ1) is 16.1. The summed E-state index contributed by atoms with van der Waals surface area (Å²) in [5.74, 6) is -1.01. The van der Waals surface area contributed by atoms with Crippen molar-refractivity contribution in [2.24, 2.45) is 0 Å². The summed E-state index contributed by atoms with van der Waals surface area (Å²) >= 11 is 5.94. The number of hydrogen-bond donors (Lipinski definition) is 0. The second-order valence-corrected chi connectivity index (χ2v) is 5.49. The first-order valence-electron chi connectivity index (χ1n) is 6.98. The molecule has 0 spiro atoms. The lowest BCUT2D eigenvalue weighted by molar-refractivity contribution is 0.593. The Morgan fingerprint density at radius 1 is 0.917 bits per heavy atom. The highest BCUT2D eigenvalue weighted by Gasteiger charge is 2.11. The van der Waals surface area contributed by atoms with Crippen molar-refractivity contribution < 1.29 is 8.78 Å². The number of aromatic nitrogens is 2. The predicted octanol–water partition coefficient (Wildman–Crippen LogP) is 2.98. The zero-order valence-electron chi connectivity index (χ0n) is 12.2. The summed E-state index contributed by atoms with van der Waals surface area (Å²) in [6.45, 7) is -0.163. The lowest BCUT2D eigenvalue weighted by atomic mass is 10.2. The maximum Gasteiger partial charge on any atom is 0.320 e. The molecule has 1 heterocycles.